The van der Waals surface area contributed by atoms with Crippen molar-refractivity contribution in [3.63, 3.8) is 0 Å². The number of nitriles is 1. The summed E-state index contributed by atoms with van der Waals surface area (Å²) >= 11 is 1.40. The number of benzene rings is 1. The topological polar surface area (TPSA) is 70.0 Å². The van der Waals surface area contributed by atoms with Gasteiger partial charge in [-0.2, -0.15) is 5.26 Å². The Labute approximate surface area is 112 Å². The van der Waals surface area contributed by atoms with Gasteiger partial charge in [-0.15, -0.1) is 11.8 Å². The van der Waals surface area contributed by atoms with Crippen LogP contribution in [0.1, 0.15) is 11.1 Å². The monoisotopic (exact) mass is 284 g/mol. The van der Waals surface area contributed by atoms with Gasteiger partial charge in [0.2, 0.25) is 0 Å². The molecule has 4 nitrogen and oxygen atoms in total. The van der Waals surface area contributed by atoms with Gasteiger partial charge in [-0.3, -0.25) is 0 Å². The largest absolute Gasteiger partial charge is 0.316 e. The fourth-order valence-corrected chi connectivity index (χ4v) is 3.60. The van der Waals surface area contributed by atoms with Gasteiger partial charge in [0.1, 0.15) is 15.9 Å². The summed E-state index contributed by atoms with van der Waals surface area (Å²) < 4.78 is 22.1. The third kappa shape index (κ3) is 5.08. The molecule has 0 spiro atoms. The summed E-state index contributed by atoms with van der Waals surface area (Å²) in [7, 11) is -1.10. The third-order valence-electron chi connectivity index (χ3n) is 2.26. The molecule has 6 heteroatoms. The summed E-state index contributed by atoms with van der Waals surface area (Å²) in [6.07, 6.45) is 1.22. The minimum Gasteiger partial charge on any atom is -0.316 e. The maximum absolute atomic E-state index is 11.0. The predicted octanol–water partition coefficient (Wildman–Crippen LogP) is 1.41. The first-order chi connectivity index (χ1) is 8.46. The van der Waals surface area contributed by atoms with Crippen LogP contribution >= 0.6 is 11.8 Å². The highest BCUT2D eigenvalue weighted by Gasteiger charge is 2.07. The van der Waals surface area contributed by atoms with Gasteiger partial charge in [-0.25, -0.2) is 8.42 Å². The smallest absolute Gasteiger partial charge is 0.148 e. The van der Waals surface area contributed by atoms with Crippen LogP contribution in [0.4, 0.5) is 0 Å². The Morgan fingerprint density at radius 3 is 2.72 bits per heavy atom. The van der Waals surface area contributed by atoms with Crippen LogP contribution in [0, 0.1) is 11.3 Å². The molecular formula is C12H16N2O2S2. The number of thioether (sulfide) groups is 1. The molecule has 0 radical (unpaired) electrons. The standard InChI is InChI=1S/C12H16N2O2S2/c1-14-9-10-3-4-12(11(7-10)8-13)17-5-6-18(2,15)16/h3-4,7,14H,5-6,9H2,1-2H3. The first kappa shape index (κ1) is 15.0. The summed E-state index contributed by atoms with van der Waals surface area (Å²) in [6.45, 7) is 0.711. The average molecular weight is 284 g/mol. The van der Waals surface area contributed by atoms with E-state index in [1.54, 1.807) is 0 Å². The van der Waals surface area contributed by atoms with Crippen molar-refractivity contribution in [3.8, 4) is 6.07 Å². The number of nitrogens with zero attached hydrogens (tertiary/aromatic N) is 1. The van der Waals surface area contributed by atoms with Crippen LogP contribution in [0.25, 0.3) is 0 Å². The van der Waals surface area contributed by atoms with Crippen LogP contribution in [0.3, 0.4) is 0 Å². The molecule has 1 N–H and O–H groups in total. The molecule has 0 heterocycles. The molecule has 0 saturated heterocycles. The maximum atomic E-state index is 11.0. The van der Waals surface area contributed by atoms with Gasteiger partial charge >= 0.3 is 0 Å². The Hall–Kier alpha value is -1.03. The molecule has 1 rings (SSSR count). The molecule has 1 aromatic carbocycles. The van der Waals surface area contributed by atoms with Gasteiger partial charge in [0, 0.05) is 23.4 Å². The number of rotatable bonds is 6. The highest BCUT2D eigenvalue weighted by atomic mass is 32.2. The second kappa shape index (κ2) is 6.78. The first-order valence-electron chi connectivity index (χ1n) is 5.44. The highest BCUT2D eigenvalue weighted by molar-refractivity contribution is 8.00. The second-order valence-corrected chi connectivity index (χ2v) is 7.35. The summed E-state index contributed by atoms with van der Waals surface area (Å²) in [5.74, 6) is 0.597. The van der Waals surface area contributed by atoms with Crippen LogP contribution in [-0.2, 0) is 16.4 Å². The minimum absolute atomic E-state index is 0.126. The molecule has 0 atom stereocenters. The Morgan fingerprint density at radius 1 is 1.44 bits per heavy atom. The van der Waals surface area contributed by atoms with E-state index < -0.39 is 9.84 Å². The van der Waals surface area contributed by atoms with Crippen molar-refractivity contribution in [2.45, 2.75) is 11.4 Å². The summed E-state index contributed by atoms with van der Waals surface area (Å²) in [6, 6.07) is 7.79. The fourth-order valence-electron chi connectivity index (χ4n) is 1.41. The van der Waals surface area contributed by atoms with Crippen molar-refractivity contribution < 1.29 is 8.42 Å². The van der Waals surface area contributed by atoms with Crippen molar-refractivity contribution >= 4 is 21.6 Å². The van der Waals surface area contributed by atoms with Crippen LogP contribution in [0.5, 0.6) is 0 Å². The molecule has 0 amide bonds. The summed E-state index contributed by atoms with van der Waals surface area (Å²) in [4.78, 5) is 0.834. The zero-order chi connectivity index (χ0) is 13.6. The lowest BCUT2D eigenvalue weighted by molar-refractivity contribution is 0.603. The molecule has 0 aromatic heterocycles. The molecule has 0 saturated carbocycles. The molecule has 0 bridgehead atoms. The van der Waals surface area contributed by atoms with E-state index in [-0.39, 0.29) is 5.75 Å². The zero-order valence-electron chi connectivity index (χ0n) is 10.4. The Bertz CT molecular complexity index is 548. The molecular weight excluding hydrogens is 268 g/mol. The second-order valence-electron chi connectivity index (χ2n) is 3.95. The van der Waals surface area contributed by atoms with Crippen molar-refractivity contribution in [1.29, 1.82) is 5.26 Å². The normalized spacial score (nSPS) is 11.2. The molecule has 0 unspecified atom stereocenters. The van der Waals surface area contributed by atoms with E-state index in [2.05, 4.69) is 11.4 Å². The Kier molecular flexibility index (Phi) is 5.66. The van der Waals surface area contributed by atoms with Gasteiger partial charge in [-0.1, -0.05) is 6.07 Å². The molecule has 0 aliphatic heterocycles. The number of hydrogen-bond donors (Lipinski definition) is 1. The Morgan fingerprint density at radius 2 is 2.17 bits per heavy atom. The van der Waals surface area contributed by atoms with Gasteiger partial charge in [0.15, 0.2) is 0 Å². The van der Waals surface area contributed by atoms with Gasteiger partial charge in [0.25, 0.3) is 0 Å². The van der Waals surface area contributed by atoms with E-state index in [4.69, 9.17) is 5.26 Å². The molecule has 18 heavy (non-hydrogen) atoms. The molecule has 98 valence electrons. The Balaban J connectivity index is 2.74. The van der Waals surface area contributed by atoms with E-state index in [9.17, 15) is 8.42 Å². The first-order valence-corrected chi connectivity index (χ1v) is 8.49. The molecule has 0 aliphatic carbocycles. The SMILES string of the molecule is CNCc1ccc(SCCS(C)(=O)=O)c(C#N)c1. The van der Waals surface area contributed by atoms with E-state index in [1.165, 1.54) is 18.0 Å². The third-order valence-corrected chi connectivity index (χ3v) is 4.54. The molecule has 0 aliphatic rings. The van der Waals surface area contributed by atoms with E-state index in [1.807, 2.05) is 25.2 Å². The van der Waals surface area contributed by atoms with Crippen LogP contribution in [0.2, 0.25) is 0 Å². The van der Waals surface area contributed by atoms with Crippen molar-refractivity contribution in [3.05, 3.63) is 29.3 Å². The summed E-state index contributed by atoms with van der Waals surface area (Å²) in [5, 5.41) is 12.1. The minimum atomic E-state index is -2.94. The lowest BCUT2D eigenvalue weighted by Gasteiger charge is -2.06. The predicted molar refractivity (Wildman–Crippen MR) is 74.4 cm³/mol. The highest BCUT2D eigenvalue weighted by Crippen LogP contribution is 2.23. The number of hydrogen-bond acceptors (Lipinski definition) is 5. The van der Waals surface area contributed by atoms with E-state index in [0.29, 0.717) is 17.9 Å². The van der Waals surface area contributed by atoms with Gasteiger partial charge in [-0.05, 0) is 24.7 Å². The number of sulfone groups is 1. The van der Waals surface area contributed by atoms with Crippen molar-refractivity contribution in [1.82, 2.24) is 5.32 Å². The van der Waals surface area contributed by atoms with Crippen molar-refractivity contribution in [2.75, 3.05) is 24.8 Å². The zero-order valence-corrected chi connectivity index (χ0v) is 12.1. The van der Waals surface area contributed by atoms with Crippen LogP contribution in [-0.4, -0.2) is 33.2 Å². The van der Waals surface area contributed by atoms with Gasteiger partial charge < -0.3 is 5.32 Å². The van der Waals surface area contributed by atoms with Crippen LogP contribution in [0.15, 0.2) is 23.1 Å². The lowest BCUT2D eigenvalue weighted by atomic mass is 10.1. The number of nitrogens with one attached hydrogen (secondary N) is 1. The van der Waals surface area contributed by atoms with Gasteiger partial charge in [0.05, 0.1) is 11.3 Å². The molecule has 0 fully saturated rings. The average Bonchev–Trinajstić information content (AvgIpc) is 2.29. The summed E-state index contributed by atoms with van der Waals surface area (Å²) in [5.41, 5.74) is 1.64. The van der Waals surface area contributed by atoms with Crippen molar-refractivity contribution in [2.24, 2.45) is 0 Å². The lowest BCUT2D eigenvalue weighted by Crippen LogP contribution is -2.06. The quantitative estimate of drug-likeness (QED) is 0.800. The maximum Gasteiger partial charge on any atom is 0.148 e. The molecule has 1 aromatic rings. The fraction of sp³-hybridized carbons (Fsp3) is 0.417. The van der Waals surface area contributed by atoms with Crippen LogP contribution < -0.4 is 5.32 Å². The van der Waals surface area contributed by atoms with E-state index >= 15 is 0 Å². The van der Waals surface area contributed by atoms with E-state index in [0.717, 1.165) is 10.5 Å².